The maximum atomic E-state index is 12.3. The monoisotopic (exact) mass is 366 g/mol. The van der Waals surface area contributed by atoms with E-state index in [1.54, 1.807) is 12.3 Å². The van der Waals surface area contributed by atoms with Crippen molar-refractivity contribution in [3.8, 4) is 16.9 Å². The van der Waals surface area contributed by atoms with Crippen LogP contribution in [-0.4, -0.2) is 16.0 Å². The van der Waals surface area contributed by atoms with Crippen molar-refractivity contribution in [1.82, 2.24) is 9.78 Å². The third kappa shape index (κ3) is 4.04. The molecule has 0 spiro atoms. The minimum absolute atomic E-state index is 0.174. The topological polar surface area (TPSA) is 59.3 Å². The summed E-state index contributed by atoms with van der Waals surface area (Å²) in [4.78, 5) is 12.3. The van der Waals surface area contributed by atoms with Crippen molar-refractivity contribution < 1.29 is 0 Å². The molecule has 28 heavy (non-hydrogen) atoms. The van der Waals surface area contributed by atoms with Crippen LogP contribution >= 0.6 is 0 Å². The number of hydrogen-bond donors (Lipinski definition) is 1. The van der Waals surface area contributed by atoms with E-state index in [0.29, 0.717) is 5.69 Å². The molecule has 0 bridgehead atoms. The van der Waals surface area contributed by atoms with Gasteiger partial charge >= 0.3 is 0 Å². The Morgan fingerprint density at radius 2 is 1.46 bits per heavy atom. The predicted octanol–water partition coefficient (Wildman–Crippen LogP) is 4.35. The first-order chi connectivity index (χ1) is 13.8. The molecule has 4 rings (SSSR count). The van der Waals surface area contributed by atoms with E-state index in [9.17, 15) is 4.79 Å². The maximum absolute atomic E-state index is 12.3. The summed E-state index contributed by atoms with van der Waals surface area (Å²) in [6.07, 6.45) is 1.73. The summed E-state index contributed by atoms with van der Waals surface area (Å²) in [5, 5.41) is 8.73. The molecule has 1 aromatic heterocycles. The van der Waals surface area contributed by atoms with E-state index in [2.05, 4.69) is 15.6 Å². The van der Waals surface area contributed by atoms with Crippen LogP contribution in [0.3, 0.4) is 0 Å². The van der Waals surface area contributed by atoms with Crippen molar-refractivity contribution in [3.05, 3.63) is 113 Å². The smallest absolute Gasteiger partial charge is 0.271 e. The molecule has 0 unspecified atom stereocenters. The second-order valence-electron chi connectivity index (χ2n) is 6.16. The zero-order valence-corrected chi connectivity index (χ0v) is 15.1. The van der Waals surface area contributed by atoms with E-state index in [1.807, 2.05) is 84.9 Å². The van der Waals surface area contributed by atoms with Crippen LogP contribution in [0, 0.1) is 0 Å². The first-order valence-electron chi connectivity index (χ1n) is 8.90. The highest BCUT2D eigenvalue weighted by Gasteiger charge is 2.05. The van der Waals surface area contributed by atoms with Crippen molar-refractivity contribution in [1.29, 1.82) is 0 Å². The molecule has 0 amide bonds. The fourth-order valence-electron chi connectivity index (χ4n) is 2.75. The number of benzene rings is 3. The fraction of sp³-hybridized carbons (Fsp3) is 0. The molecule has 5 heteroatoms. The normalized spacial score (nSPS) is 10.9. The van der Waals surface area contributed by atoms with Crippen LogP contribution < -0.4 is 11.0 Å². The molecule has 0 aliphatic rings. The number of hydrogen-bond acceptors (Lipinski definition) is 4. The average molecular weight is 366 g/mol. The van der Waals surface area contributed by atoms with Gasteiger partial charge in [0.1, 0.15) is 0 Å². The average Bonchev–Trinajstić information content (AvgIpc) is 2.76. The van der Waals surface area contributed by atoms with Gasteiger partial charge in [0.15, 0.2) is 0 Å². The van der Waals surface area contributed by atoms with Crippen LogP contribution in [0.15, 0.2) is 107 Å². The largest absolute Gasteiger partial charge is 0.279 e. The highest BCUT2D eigenvalue weighted by atomic mass is 16.1. The summed E-state index contributed by atoms with van der Waals surface area (Å²) in [6.45, 7) is 0. The van der Waals surface area contributed by atoms with Crippen LogP contribution in [0.25, 0.3) is 16.9 Å². The second-order valence-corrected chi connectivity index (χ2v) is 6.16. The van der Waals surface area contributed by atoms with Gasteiger partial charge in [0.05, 0.1) is 23.3 Å². The number of para-hydroxylation sites is 1. The first-order valence-corrected chi connectivity index (χ1v) is 8.90. The van der Waals surface area contributed by atoms with Gasteiger partial charge in [-0.25, -0.2) is 0 Å². The Kier molecular flexibility index (Phi) is 5.06. The van der Waals surface area contributed by atoms with Gasteiger partial charge in [-0.15, -0.1) is 0 Å². The van der Waals surface area contributed by atoms with Crippen LogP contribution in [-0.2, 0) is 0 Å². The Morgan fingerprint density at radius 1 is 0.786 bits per heavy atom. The Bertz CT molecular complexity index is 1130. The van der Waals surface area contributed by atoms with Crippen molar-refractivity contribution in [2.45, 2.75) is 0 Å². The number of nitrogens with one attached hydrogen (secondary N) is 1. The molecule has 5 nitrogen and oxygen atoms in total. The van der Waals surface area contributed by atoms with E-state index in [1.165, 1.54) is 10.7 Å². The summed E-state index contributed by atoms with van der Waals surface area (Å²) in [7, 11) is 0. The lowest BCUT2D eigenvalue weighted by atomic mass is 10.1. The molecule has 4 aromatic rings. The minimum Gasteiger partial charge on any atom is -0.279 e. The van der Waals surface area contributed by atoms with Gasteiger partial charge in [0.25, 0.3) is 5.56 Å². The molecular formula is C23H18N4O. The van der Waals surface area contributed by atoms with Crippen LogP contribution in [0.1, 0.15) is 5.56 Å². The molecule has 0 fully saturated rings. The Labute approximate surface area is 162 Å². The molecule has 0 saturated carbocycles. The Hall–Kier alpha value is -3.99. The van der Waals surface area contributed by atoms with Crippen molar-refractivity contribution in [3.63, 3.8) is 0 Å². The summed E-state index contributed by atoms with van der Waals surface area (Å²) < 4.78 is 1.41. The zero-order chi connectivity index (χ0) is 19.2. The molecule has 3 aromatic carbocycles. The van der Waals surface area contributed by atoms with E-state index in [-0.39, 0.29) is 5.56 Å². The third-order valence-electron chi connectivity index (χ3n) is 4.19. The third-order valence-corrected chi connectivity index (χ3v) is 4.19. The quantitative estimate of drug-likeness (QED) is 0.422. The van der Waals surface area contributed by atoms with Crippen LogP contribution in [0.5, 0.6) is 0 Å². The predicted molar refractivity (Wildman–Crippen MR) is 113 cm³/mol. The highest BCUT2D eigenvalue weighted by molar-refractivity contribution is 5.80. The highest BCUT2D eigenvalue weighted by Crippen LogP contribution is 2.15. The lowest BCUT2D eigenvalue weighted by Crippen LogP contribution is -2.20. The van der Waals surface area contributed by atoms with E-state index in [4.69, 9.17) is 0 Å². The molecule has 0 aliphatic carbocycles. The molecule has 0 atom stereocenters. The van der Waals surface area contributed by atoms with E-state index < -0.39 is 0 Å². The van der Waals surface area contributed by atoms with Crippen LogP contribution in [0.2, 0.25) is 0 Å². The van der Waals surface area contributed by atoms with Gasteiger partial charge in [-0.2, -0.15) is 14.9 Å². The van der Waals surface area contributed by atoms with Gasteiger partial charge in [-0.3, -0.25) is 10.2 Å². The zero-order valence-electron chi connectivity index (χ0n) is 15.1. The molecule has 1 heterocycles. The number of nitrogens with zero attached hydrogens (tertiary/aromatic N) is 3. The van der Waals surface area contributed by atoms with E-state index >= 15 is 0 Å². The second kappa shape index (κ2) is 8.14. The van der Waals surface area contributed by atoms with Gasteiger partial charge in [-0.1, -0.05) is 60.7 Å². The van der Waals surface area contributed by atoms with Gasteiger partial charge in [0, 0.05) is 11.6 Å². The van der Waals surface area contributed by atoms with Crippen molar-refractivity contribution in [2.75, 3.05) is 5.43 Å². The minimum atomic E-state index is -0.174. The van der Waals surface area contributed by atoms with Gasteiger partial charge in [0.2, 0.25) is 0 Å². The Morgan fingerprint density at radius 3 is 2.18 bits per heavy atom. The number of rotatable bonds is 5. The van der Waals surface area contributed by atoms with Crippen LogP contribution in [0.4, 0.5) is 5.69 Å². The summed E-state index contributed by atoms with van der Waals surface area (Å²) in [6, 6.07) is 30.3. The lowest BCUT2D eigenvalue weighted by Gasteiger charge is -2.07. The summed E-state index contributed by atoms with van der Waals surface area (Å²) >= 11 is 0. The first kappa shape index (κ1) is 17.4. The van der Waals surface area contributed by atoms with Gasteiger partial charge in [-0.05, 0) is 35.9 Å². The number of hydrazone groups is 1. The number of aromatic nitrogens is 2. The summed E-state index contributed by atoms with van der Waals surface area (Å²) in [5.41, 5.74) is 7.06. The molecular weight excluding hydrogens is 348 g/mol. The molecule has 0 saturated heterocycles. The standard InChI is InChI=1S/C23H18N4O/c28-23-16-15-22(19-7-3-1-4-8-19)26-27(23)21-13-11-18(12-14-21)17-24-25-20-9-5-2-6-10-20/h1-17,25H. The number of anilines is 1. The fourth-order valence-corrected chi connectivity index (χ4v) is 2.75. The molecule has 136 valence electrons. The summed E-state index contributed by atoms with van der Waals surface area (Å²) in [5.74, 6) is 0. The lowest BCUT2D eigenvalue weighted by molar-refractivity contribution is 0.812. The molecule has 1 N–H and O–H groups in total. The van der Waals surface area contributed by atoms with E-state index in [0.717, 1.165) is 22.5 Å². The van der Waals surface area contributed by atoms with Crippen molar-refractivity contribution >= 4 is 11.9 Å². The maximum Gasteiger partial charge on any atom is 0.271 e. The van der Waals surface area contributed by atoms with Crippen molar-refractivity contribution in [2.24, 2.45) is 5.10 Å². The molecule has 0 aliphatic heterocycles. The van der Waals surface area contributed by atoms with Gasteiger partial charge < -0.3 is 0 Å². The SMILES string of the molecule is O=c1ccc(-c2ccccc2)nn1-c1ccc(C=NNc2ccccc2)cc1. The Balaban J connectivity index is 1.55. The molecule has 0 radical (unpaired) electrons.